The summed E-state index contributed by atoms with van der Waals surface area (Å²) in [6.45, 7) is 0. The van der Waals surface area contributed by atoms with Crippen molar-refractivity contribution in [3.63, 3.8) is 0 Å². The highest BCUT2D eigenvalue weighted by Crippen LogP contribution is 2.03. The Bertz CT molecular complexity index is 895. The van der Waals surface area contributed by atoms with Gasteiger partial charge in [-0.15, -0.1) is 0 Å². The number of nitrogens with one attached hydrogen (secondary N) is 4. The van der Waals surface area contributed by atoms with Gasteiger partial charge in [0.25, 0.3) is 0 Å². The Hall–Kier alpha value is -3.66. The number of thiol groups is 1. The molecule has 0 radical (unpaired) electrons. The molecule has 1 rings (SSSR count). The molecule has 0 fully saturated rings. The van der Waals surface area contributed by atoms with Crippen LogP contribution >= 0.6 is 12.6 Å². The third-order valence-electron chi connectivity index (χ3n) is 4.48. The molecule has 34 heavy (non-hydrogen) atoms. The molecular formula is C18H28N8O7S. The van der Waals surface area contributed by atoms with Gasteiger partial charge in [-0.05, 0) is 6.42 Å². The Labute approximate surface area is 199 Å². The van der Waals surface area contributed by atoms with Gasteiger partial charge in [-0.1, -0.05) is 0 Å². The molecule has 0 aliphatic carbocycles. The molecule has 11 N–H and O–H groups in total. The average Bonchev–Trinajstić information content (AvgIpc) is 3.26. The van der Waals surface area contributed by atoms with Crippen molar-refractivity contribution < 1.29 is 33.9 Å². The van der Waals surface area contributed by atoms with Gasteiger partial charge in [0.05, 0.1) is 18.8 Å². The predicted octanol–water partition coefficient (Wildman–Crippen LogP) is -4.11. The van der Waals surface area contributed by atoms with Gasteiger partial charge in [-0.25, -0.2) is 9.78 Å². The lowest BCUT2D eigenvalue weighted by Gasteiger charge is -2.24. The summed E-state index contributed by atoms with van der Waals surface area (Å²) in [7, 11) is 0. The Morgan fingerprint density at radius 2 is 1.56 bits per heavy atom. The zero-order valence-electron chi connectivity index (χ0n) is 18.0. The fraction of sp³-hybridized carbons (Fsp3) is 0.500. The van der Waals surface area contributed by atoms with Crippen LogP contribution in [0.4, 0.5) is 0 Å². The number of hydrogen-bond acceptors (Lipinski definition) is 9. The molecule has 1 aromatic heterocycles. The monoisotopic (exact) mass is 500 g/mol. The molecule has 4 atom stereocenters. The second kappa shape index (κ2) is 13.8. The summed E-state index contributed by atoms with van der Waals surface area (Å²) in [5, 5.41) is 15.8. The van der Waals surface area contributed by atoms with E-state index in [1.165, 1.54) is 12.5 Å². The number of carboxylic acids is 1. The van der Waals surface area contributed by atoms with E-state index in [-0.39, 0.29) is 25.0 Å². The van der Waals surface area contributed by atoms with Crippen molar-refractivity contribution in [2.24, 2.45) is 17.2 Å². The number of H-pyrrole nitrogens is 1. The fourth-order valence-corrected chi connectivity index (χ4v) is 2.95. The summed E-state index contributed by atoms with van der Waals surface area (Å²) >= 11 is 3.84. The van der Waals surface area contributed by atoms with E-state index in [4.69, 9.17) is 22.3 Å². The van der Waals surface area contributed by atoms with Gasteiger partial charge in [-0.3, -0.25) is 24.0 Å². The van der Waals surface area contributed by atoms with E-state index in [1.807, 2.05) is 0 Å². The summed E-state index contributed by atoms with van der Waals surface area (Å²) in [5.74, 6) is -6.01. The van der Waals surface area contributed by atoms with Crippen LogP contribution < -0.4 is 33.2 Å². The van der Waals surface area contributed by atoms with Gasteiger partial charge in [-0.2, -0.15) is 12.6 Å². The molecule has 1 heterocycles. The van der Waals surface area contributed by atoms with Crippen LogP contribution in [0, 0.1) is 0 Å². The summed E-state index contributed by atoms with van der Waals surface area (Å²) in [6.07, 6.45) is 1.69. The normalized spacial score (nSPS) is 14.2. The number of aliphatic carboxylic acids is 1. The van der Waals surface area contributed by atoms with Gasteiger partial charge in [0.1, 0.15) is 18.1 Å². The molecule has 0 bridgehead atoms. The maximum Gasteiger partial charge on any atom is 0.327 e. The molecule has 0 saturated heterocycles. The third-order valence-corrected chi connectivity index (χ3v) is 4.84. The molecule has 1 aromatic rings. The maximum atomic E-state index is 12.8. The topological polar surface area (TPSA) is 265 Å². The zero-order valence-corrected chi connectivity index (χ0v) is 18.9. The van der Waals surface area contributed by atoms with Crippen LogP contribution in [-0.2, 0) is 35.2 Å². The zero-order chi connectivity index (χ0) is 25.8. The Morgan fingerprint density at radius 1 is 0.971 bits per heavy atom. The third kappa shape index (κ3) is 9.86. The molecule has 16 heteroatoms. The lowest BCUT2D eigenvalue weighted by Crippen LogP contribution is -2.58. The first-order valence-electron chi connectivity index (χ1n) is 9.98. The molecule has 0 aliphatic rings. The Balaban J connectivity index is 2.95. The quantitative estimate of drug-likeness (QED) is 0.106. The molecule has 0 aliphatic heterocycles. The number of primary amides is 2. The van der Waals surface area contributed by atoms with Crippen LogP contribution in [0.1, 0.15) is 25.0 Å². The molecule has 4 unspecified atom stereocenters. The standard InChI is InChI=1S/C18H28N8O7S/c19-9(3-8-5-22-7-23-8)15(29)25-11(4-14(21)28)17(31)24-10(1-2-13(20)27)16(30)26-12(6-34)18(32)33/h5,7,9-12,34H,1-4,6,19H2,(H2,20,27)(H2,21,28)(H,22,23)(H,24,31)(H,25,29)(H,26,30)(H,32,33). The van der Waals surface area contributed by atoms with E-state index in [9.17, 15) is 28.8 Å². The number of amides is 5. The SMILES string of the molecule is NC(=O)CCC(NC(=O)C(CC(N)=O)NC(=O)C(N)Cc1cnc[nH]1)C(=O)NC(CS)C(=O)O. The number of imidazole rings is 1. The molecule has 0 aromatic carbocycles. The molecule has 5 amide bonds. The number of nitrogens with two attached hydrogens (primary N) is 3. The van der Waals surface area contributed by atoms with E-state index >= 15 is 0 Å². The van der Waals surface area contributed by atoms with Crippen molar-refractivity contribution in [2.45, 2.75) is 49.9 Å². The van der Waals surface area contributed by atoms with Crippen molar-refractivity contribution in [1.29, 1.82) is 0 Å². The fourth-order valence-electron chi connectivity index (χ4n) is 2.70. The van der Waals surface area contributed by atoms with Crippen molar-refractivity contribution in [3.8, 4) is 0 Å². The van der Waals surface area contributed by atoms with Gasteiger partial charge in [0.2, 0.25) is 29.5 Å². The number of nitrogens with zero attached hydrogens (tertiary/aromatic N) is 1. The molecular weight excluding hydrogens is 472 g/mol. The van der Waals surface area contributed by atoms with E-state index in [2.05, 4.69) is 38.5 Å². The first-order valence-corrected chi connectivity index (χ1v) is 10.6. The van der Waals surface area contributed by atoms with Crippen molar-refractivity contribution in [2.75, 3.05) is 5.75 Å². The molecule has 0 saturated carbocycles. The van der Waals surface area contributed by atoms with Crippen molar-refractivity contribution in [3.05, 3.63) is 18.2 Å². The number of carbonyl (C=O) groups is 6. The lowest BCUT2D eigenvalue weighted by molar-refractivity contribution is -0.142. The lowest BCUT2D eigenvalue weighted by atomic mass is 10.1. The van der Waals surface area contributed by atoms with Crippen molar-refractivity contribution in [1.82, 2.24) is 25.9 Å². The minimum absolute atomic E-state index is 0.0562. The average molecular weight is 501 g/mol. The van der Waals surface area contributed by atoms with Gasteiger partial charge < -0.3 is 43.2 Å². The smallest absolute Gasteiger partial charge is 0.327 e. The Morgan fingerprint density at radius 3 is 2.06 bits per heavy atom. The molecule has 0 spiro atoms. The summed E-state index contributed by atoms with van der Waals surface area (Å²) in [4.78, 5) is 78.1. The minimum Gasteiger partial charge on any atom is -0.480 e. The highest BCUT2D eigenvalue weighted by molar-refractivity contribution is 7.80. The largest absolute Gasteiger partial charge is 0.480 e. The van der Waals surface area contributed by atoms with Crippen LogP contribution in [0.15, 0.2) is 12.5 Å². The van der Waals surface area contributed by atoms with E-state index in [0.29, 0.717) is 5.69 Å². The summed E-state index contributed by atoms with van der Waals surface area (Å²) in [5.41, 5.74) is 16.7. The first kappa shape index (κ1) is 28.4. The van der Waals surface area contributed by atoms with Crippen LogP contribution in [0.25, 0.3) is 0 Å². The number of aromatic amines is 1. The second-order valence-corrected chi connectivity index (χ2v) is 7.63. The Kier molecular flexibility index (Phi) is 11.5. The van der Waals surface area contributed by atoms with Crippen LogP contribution in [0.3, 0.4) is 0 Å². The number of carbonyl (C=O) groups excluding carboxylic acids is 5. The number of hydrogen-bond donors (Lipinski definition) is 9. The van der Waals surface area contributed by atoms with Gasteiger partial charge in [0, 0.05) is 30.5 Å². The van der Waals surface area contributed by atoms with Crippen molar-refractivity contribution >= 4 is 48.1 Å². The van der Waals surface area contributed by atoms with Gasteiger partial charge in [0.15, 0.2) is 0 Å². The predicted molar refractivity (Wildman–Crippen MR) is 120 cm³/mol. The van der Waals surface area contributed by atoms with Crippen LogP contribution in [0.2, 0.25) is 0 Å². The van der Waals surface area contributed by atoms with Crippen LogP contribution in [0.5, 0.6) is 0 Å². The first-order chi connectivity index (χ1) is 15.9. The highest BCUT2D eigenvalue weighted by Gasteiger charge is 2.31. The summed E-state index contributed by atoms with van der Waals surface area (Å²) in [6, 6.07) is -5.38. The number of carboxylic acid groups (broad SMARTS) is 1. The van der Waals surface area contributed by atoms with E-state index in [0.717, 1.165) is 0 Å². The van der Waals surface area contributed by atoms with E-state index in [1.54, 1.807) is 0 Å². The highest BCUT2D eigenvalue weighted by atomic mass is 32.1. The number of aromatic nitrogens is 2. The maximum absolute atomic E-state index is 12.8. The molecule has 15 nitrogen and oxygen atoms in total. The number of rotatable bonds is 15. The molecule has 188 valence electrons. The van der Waals surface area contributed by atoms with Crippen LogP contribution in [-0.4, -0.2) is 80.5 Å². The second-order valence-electron chi connectivity index (χ2n) is 7.27. The minimum atomic E-state index is -1.50. The van der Waals surface area contributed by atoms with E-state index < -0.39 is 66.1 Å². The summed E-state index contributed by atoms with van der Waals surface area (Å²) < 4.78 is 0. The van der Waals surface area contributed by atoms with Gasteiger partial charge >= 0.3 is 5.97 Å².